The average Bonchev–Trinajstić information content (AvgIpc) is 2.96. The minimum absolute atomic E-state index is 0.0909. The van der Waals surface area contributed by atoms with E-state index in [1.54, 1.807) is 30.5 Å². The molecule has 0 fully saturated rings. The Morgan fingerprint density at radius 2 is 2.10 bits per heavy atom. The number of nitrogen functional groups attached to an aromatic ring is 1. The van der Waals surface area contributed by atoms with E-state index in [1.807, 2.05) is 0 Å². The quantitative estimate of drug-likeness (QED) is 0.670. The van der Waals surface area contributed by atoms with E-state index in [0.29, 0.717) is 5.69 Å². The van der Waals surface area contributed by atoms with Crippen molar-refractivity contribution in [3.05, 3.63) is 42.2 Å². The van der Waals surface area contributed by atoms with Crippen molar-refractivity contribution in [2.75, 3.05) is 12.8 Å². The van der Waals surface area contributed by atoms with Gasteiger partial charge in [-0.15, -0.1) is 0 Å². The van der Waals surface area contributed by atoms with Gasteiger partial charge in [-0.05, 0) is 31.2 Å². The molecule has 21 heavy (non-hydrogen) atoms. The fourth-order valence-corrected chi connectivity index (χ4v) is 1.68. The highest BCUT2D eigenvalue weighted by Crippen LogP contribution is 2.12. The van der Waals surface area contributed by atoms with Crippen LogP contribution in [-0.4, -0.2) is 34.9 Å². The average molecular weight is 289 g/mol. The molecular formula is C14H15N3O4. The van der Waals surface area contributed by atoms with Gasteiger partial charge in [0.25, 0.3) is 0 Å². The Morgan fingerprint density at radius 1 is 1.33 bits per heavy atom. The maximum Gasteiger partial charge on any atom is 0.359 e. The molecule has 0 aliphatic carbocycles. The van der Waals surface area contributed by atoms with E-state index in [-0.39, 0.29) is 5.69 Å². The molecule has 0 aliphatic heterocycles. The largest absolute Gasteiger partial charge is 0.466 e. The molecule has 0 spiro atoms. The predicted molar refractivity (Wildman–Crippen MR) is 74.9 cm³/mol. The number of rotatable bonds is 4. The number of carbonyl (C=O) groups is 2. The van der Waals surface area contributed by atoms with Crippen molar-refractivity contribution >= 4 is 17.6 Å². The molecule has 2 rings (SSSR count). The Bertz CT molecular complexity index is 666. The number of ether oxygens (including phenoxy) is 2. The first kappa shape index (κ1) is 14.6. The lowest BCUT2D eigenvalue weighted by atomic mass is 10.3. The normalized spacial score (nSPS) is 11.7. The third-order valence-corrected chi connectivity index (χ3v) is 2.75. The molecule has 1 atom stereocenters. The smallest absolute Gasteiger partial charge is 0.359 e. The topological polar surface area (TPSA) is 96.4 Å². The number of carbonyl (C=O) groups excluding carboxylic acids is 2. The number of hydrogen-bond acceptors (Lipinski definition) is 6. The van der Waals surface area contributed by atoms with Crippen LogP contribution < -0.4 is 5.73 Å². The first-order valence-corrected chi connectivity index (χ1v) is 6.21. The van der Waals surface area contributed by atoms with Crippen LogP contribution in [0, 0.1) is 0 Å². The summed E-state index contributed by atoms with van der Waals surface area (Å²) in [5, 5.41) is 4.09. The lowest BCUT2D eigenvalue weighted by Gasteiger charge is -2.09. The van der Waals surface area contributed by atoms with Crippen LogP contribution in [-0.2, 0) is 14.3 Å². The summed E-state index contributed by atoms with van der Waals surface area (Å²) in [5.74, 6) is -1.32. The number of methoxy groups -OCH3 is 1. The zero-order valence-corrected chi connectivity index (χ0v) is 11.6. The van der Waals surface area contributed by atoms with Crippen molar-refractivity contribution in [3.63, 3.8) is 0 Å². The van der Waals surface area contributed by atoms with Gasteiger partial charge in [-0.1, -0.05) is 6.07 Å². The van der Waals surface area contributed by atoms with Crippen LogP contribution in [0.1, 0.15) is 17.4 Å². The highest BCUT2D eigenvalue weighted by atomic mass is 16.6. The molecule has 1 heterocycles. The van der Waals surface area contributed by atoms with E-state index < -0.39 is 18.0 Å². The summed E-state index contributed by atoms with van der Waals surface area (Å²) in [6, 6.07) is 8.55. The van der Waals surface area contributed by atoms with Gasteiger partial charge in [0.2, 0.25) is 0 Å². The van der Waals surface area contributed by atoms with Gasteiger partial charge in [0, 0.05) is 11.9 Å². The number of anilines is 1. The minimum Gasteiger partial charge on any atom is -0.466 e. The molecule has 1 aromatic carbocycles. The van der Waals surface area contributed by atoms with Gasteiger partial charge in [-0.2, -0.15) is 5.10 Å². The molecule has 0 saturated carbocycles. The Labute approximate surface area is 121 Å². The third kappa shape index (κ3) is 3.38. The predicted octanol–water partition coefficient (Wildman–Crippen LogP) is 1.17. The summed E-state index contributed by atoms with van der Waals surface area (Å²) in [4.78, 5) is 23.1. The second-order valence-corrected chi connectivity index (χ2v) is 4.31. The number of benzene rings is 1. The molecule has 0 aliphatic rings. The van der Waals surface area contributed by atoms with E-state index in [9.17, 15) is 9.59 Å². The molecule has 0 amide bonds. The lowest BCUT2D eigenvalue weighted by Crippen LogP contribution is -2.25. The van der Waals surface area contributed by atoms with Crippen LogP contribution in [0.25, 0.3) is 5.69 Å². The summed E-state index contributed by atoms with van der Waals surface area (Å²) in [6.07, 6.45) is 0.619. The summed E-state index contributed by atoms with van der Waals surface area (Å²) in [5.41, 5.74) is 7.09. The van der Waals surface area contributed by atoms with Crippen molar-refractivity contribution < 1.29 is 19.1 Å². The molecular weight excluding hydrogens is 274 g/mol. The van der Waals surface area contributed by atoms with Gasteiger partial charge in [0.15, 0.2) is 11.8 Å². The number of nitrogens with two attached hydrogens (primary N) is 1. The van der Waals surface area contributed by atoms with Crippen molar-refractivity contribution in [1.29, 1.82) is 0 Å². The van der Waals surface area contributed by atoms with Crippen LogP contribution in [0.4, 0.5) is 5.69 Å². The van der Waals surface area contributed by atoms with Gasteiger partial charge in [0.05, 0.1) is 12.8 Å². The van der Waals surface area contributed by atoms with Crippen LogP contribution in [0.15, 0.2) is 36.5 Å². The van der Waals surface area contributed by atoms with Crippen molar-refractivity contribution in [1.82, 2.24) is 9.78 Å². The fraction of sp³-hybridized carbons (Fsp3) is 0.214. The molecule has 0 bridgehead atoms. The maximum absolute atomic E-state index is 11.9. The third-order valence-electron chi connectivity index (χ3n) is 2.75. The summed E-state index contributed by atoms with van der Waals surface area (Å²) in [6.45, 7) is 1.43. The van der Waals surface area contributed by atoms with E-state index >= 15 is 0 Å². The number of aromatic nitrogens is 2. The zero-order chi connectivity index (χ0) is 15.4. The van der Waals surface area contributed by atoms with Crippen molar-refractivity contribution in [2.24, 2.45) is 0 Å². The van der Waals surface area contributed by atoms with E-state index in [4.69, 9.17) is 10.5 Å². The first-order valence-electron chi connectivity index (χ1n) is 6.21. The number of esters is 2. The molecule has 2 N–H and O–H groups in total. The van der Waals surface area contributed by atoms with Crippen molar-refractivity contribution in [3.8, 4) is 5.69 Å². The Hall–Kier alpha value is -2.83. The Balaban J connectivity index is 2.13. The molecule has 1 unspecified atom stereocenters. The molecule has 1 aromatic heterocycles. The van der Waals surface area contributed by atoms with E-state index in [0.717, 1.165) is 5.69 Å². The van der Waals surface area contributed by atoms with Crippen LogP contribution in [0.2, 0.25) is 0 Å². The van der Waals surface area contributed by atoms with Crippen molar-refractivity contribution in [2.45, 2.75) is 13.0 Å². The highest BCUT2D eigenvalue weighted by molar-refractivity contribution is 5.89. The van der Waals surface area contributed by atoms with Gasteiger partial charge < -0.3 is 15.2 Å². The maximum atomic E-state index is 11.9. The second kappa shape index (κ2) is 6.08. The molecule has 0 saturated heterocycles. The zero-order valence-electron chi connectivity index (χ0n) is 11.6. The fourth-order valence-electron chi connectivity index (χ4n) is 1.68. The van der Waals surface area contributed by atoms with E-state index in [1.165, 1.54) is 24.8 Å². The number of hydrogen-bond donors (Lipinski definition) is 1. The van der Waals surface area contributed by atoms with Gasteiger partial charge in [0.1, 0.15) is 0 Å². The summed E-state index contributed by atoms with van der Waals surface area (Å²) >= 11 is 0. The molecule has 0 radical (unpaired) electrons. The standard InChI is InChI=1S/C14H15N3O4/c1-9(13(18)20-2)21-14(19)12-6-7-17(16-12)11-5-3-4-10(15)8-11/h3-9H,15H2,1-2H3. The monoisotopic (exact) mass is 289 g/mol. The van der Waals surface area contributed by atoms with Gasteiger partial charge >= 0.3 is 11.9 Å². The second-order valence-electron chi connectivity index (χ2n) is 4.31. The lowest BCUT2D eigenvalue weighted by molar-refractivity contribution is -0.149. The first-order chi connectivity index (χ1) is 10.0. The SMILES string of the molecule is COC(=O)C(C)OC(=O)c1ccn(-c2cccc(N)c2)n1. The van der Waals surface area contributed by atoms with Gasteiger partial charge in [-0.25, -0.2) is 14.3 Å². The molecule has 7 nitrogen and oxygen atoms in total. The Morgan fingerprint density at radius 3 is 2.76 bits per heavy atom. The molecule has 110 valence electrons. The molecule has 7 heteroatoms. The van der Waals surface area contributed by atoms with Gasteiger partial charge in [-0.3, -0.25) is 0 Å². The molecule has 2 aromatic rings. The van der Waals surface area contributed by atoms with Crippen LogP contribution >= 0.6 is 0 Å². The van der Waals surface area contributed by atoms with Crippen LogP contribution in [0.5, 0.6) is 0 Å². The highest BCUT2D eigenvalue weighted by Gasteiger charge is 2.21. The summed E-state index contributed by atoms with van der Waals surface area (Å²) < 4.78 is 10.9. The van der Waals surface area contributed by atoms with E-state index in [2.05, 4.69) is 9.84 Å². The summed E-state index contributed by atoms with van der Waals surface area (Å²) in [7, 11) is 1.22. The Kier molecular flexibility index (Phi) is 4.22. The minimum atomic E-state index is -0.986. The number of nitrogens with zero attached hydrogens (tertiary/aromatic N) is 2. The van der Waals surface area contributed by atoms with Crippen LogP contribution in [0.3, 0.4) is 0 Å².